The highest BCUT2D eigenvalue weighted by molar-refractivity contribution is 5.13. The Morgan fingerprint density at radius 2 is 1.57 bits per heavy atom. The first kappa shape index (κ1) is 18.5. The molecule has 0 aliphatic heterocycles. The predicted octanol–water partition coefficient (Wildman–Crippen LogP) is 6.95. The van der Waals surface area contributed by atoms with Crippen molar-refractivity contribution >= 4 is 0 Å². The van der Waals surface area contributed by atoms with Gasteiger partial charge in [0.05, 0.1) is 0 Å². The fourth-order valence-corrected chi connectivity index (χ4v) is 4.84. The molecule has 0 N–H and O–H groups in total. The third-order valence-corrected chi connectivity index (χ3v) is 6.33. The van der Waals surface area contributed by atoms with Gasteiger partial charge < -0.3 is 0 Å². The van der Waals surface area contributed by atoms with Crippen LogP contribution in [0.2, 0.25) is 0 Å². The summed E-state index contributed by atoms with van der Waals surface area (Å²) in [5.74, 6) is 2.50. The Morgan fingerprint density at radius 1 is 0.957 bits per heavy atom. The molecule has 0 aromatic carbocycles. The second-order valence-electron chi connectivity index (χ2n) is 7.93. The van der Waals surface area contributed by atoms with E-state index in [1.807, 2.05) is 0 Å². The maximum atomic E-state index is 13.1. The lowest BCUT2D eigenvalue weighted by atomic mass is 9.68. The van der Waals surface area contributed by atoms with Crippen molar-refractivity contribution in [2.75, 3.05) is 0 Å². The second-order valence-corrected chi connectivity index (χ2v) is 7.93. The first-order chi connectivity index (χ1) is 11.2. The maximum Gasteiger partial charge on any atom is 0.196 e. The third kappa shape index (κ3) is 6.28. The third-order valence-electron chi connectivity index (χ3n) is 6.33. The van der Waals surface area contributed by atoms with Crippen LogP contribution in [-0.4, -0.2) is 0 Å². The number of halogens is 1. The lowest BCUT2D eigenvalue weighted by molar-refractivity contribution is 0.151. The molecule has 0 heterocycles. The van der Waals surface area contributed by atoms with Gasteiger partial charge in [-0.05, 0) is 68.3 Å². The minimum absolute atomic E-state index is 0.306. The quantitative estimate of drug-likeness (QED) is 0.368. The van der Waals surface area contributed by atoms with Crippen LogP contribution in [-0.2, 0) is 0 Å². The van der Waals surface area contributed by atoms with Gasteiger partial charge >= 0.3 is 0 Å². The number of allylic oxidation sites excluding steroid dienone is 2. The van der Waals surface area contributed by atoms with Crippen molar-refractivity contribution in [3.05, 3.63) is 11.9 Å². The van der Waals surface area contributed by atoms with Crippen LogP contribution in [0.4, 0.5) is 4.39 Å². The summed E-state index contributed by atoms with van der Waals surface area (Å²) < 4.78 is 13.1. The smallest absolute Gasteiger partial charge is 0.195 e. The zero-order valence-electron chi connectivity index (χ0n) is 14.9. The van der Waals surface area contributed by atoms with Crippen molar-refractivity contribution in [1.82, 2.24) is 0 Å². The molecule has 2 fully saturated rings. The van der Waals surface area contributed by atoms with E-state index in [2.05, 4.69) is 6.92 Å². The van der Waals surface area contributed by atoms with Crippen LogP contribution in [0.1, 0.15) is 90.4 Å². The Kier molecular flexibility index (Phi) is 8.13. The predicted molar refractivity (Wildman–Crippen MR) is 94.5 cm³/mol. The summed E-state index contributed by atoms with van der Waals surface area (Å²) in [5, 5.41) is 8.54. The van der Waals surface area contributed by atoms with Gasteiger partial charge in [-0.3, -0.25) is 0 Å². The van der Waals surface area contributed by atoms with Gasteiger partial charge in [0.2, 0.25) is 0 Å². The van der Waals surface area contributed by atoms with Crippen LogP contribution in [0.25, 0.3) is 0 Å². The van der Waals surface area contributed by atoms with Crippen molar-refractivity contribution in [3.8, 4) is 6.07 Å². The molecule has 2 heteroatoms. The average molecular weight is 320 g/mol. The van der Waals surface area contributed by atoms with E-state index in [9.17, 15) is 4.39 Å². The molecule has 0 saturated heterocycles. The van der Waals surface area contributed by atoms with Gasteiger partial charge in [0.1, 0.15) is 6.07 Å². The number of hydrogen-bond donors (Lipinski definition) is 0. The first-order valence-corrected chi connectivity index (χ1v) is 10.00. The summed E-state index contributed by atoms with van der Waals surface area (Å²) in [6.45, 7) is 2.28. The standard InChI is InChI=1S/C21H34FN/c1-2-3-4-5-6-17-7-11-19(12-8-17)20-13-9-18(10-14-20)15-21(22)16-23/h15,17-20H,2-14H2,1H3. The van der Waals surface area contributed by atoms with E-state index < -0.39 is 5.83 Å². The lowest BCUT2D eigenvalue weighted by Gasteiger charge is -2.37. The zero-order valence-corrected chi connectivity index (χ0v) is 14.9. The van der Waals surface area contributed by atoms with Crippen LogP contribution < -0.4 is 0 Å². The fourth-order valence-electron chi connectivity index (χ4n) is 4.84. The number of hydrogen-bond acceptors (Lipinski definition) is 1. The highest BCUT2D eigenvalue weighted by Gasteiger charge is 2.30. The van der Waals surface area contributed by atoms with E-state index in [0.29, 0.717) is 5.92 Å². The van der Waals surface area contributed by atoms with Gasteiger partial charge in [-0.15, -0.1) is 0 Å². The Labute approximate surface area is 142 Å². The van der Waals surface area contributed by atoms with E-state index in [4.69, 9.17) is 5.26 Å². The second kappa shape index (κ2) is 10.1. The Hall–Kier alpha value is -0.840. The molecule has 0 bridgehead atoms. The molecule has 2 saturated carbocycles. The Bertz CT molecular complexity index is 393. The number of unbranched alkanes of at least 4 members (excludes halogenated alkanes) is 3. The molecule has 2 aliphatic carbocycles. The fraction of sp³-hybridized carbons (Fsp3) is 0.857. The summed E-state index contributed by atoms with van der Waals surface area (Å²) in [6, 6.07) is 1.61. The van der Waals surface area contributed by atoms with Crippen molar-refractivity contribution in [2.45, 2.75) is 90.4 Å². The molecular weight excluding hydrogens is 285 g/mol. The highest BCUT2D eigenvalue weighted by atomic mass is 19.1. The minimum atomic E-state index is -0.586. The van der Waals surface area contributed by atoms with Gasteiger partial charge in [0.15, 0.2) is 5.83 Å². The maximum absolute atomic E-state index is 13.1. The highest BCUT2D eigenvalue weighted by Crippen LogP contribution is 2.42. The summed E-state index contributed by atoms with van der Waals surface area (Å²) in [6.07, 6.45) is 19.0. The number of nitriles is 1. The molecule has 0 spiro atoms. The van der Waals surface area contributed by atoms with Crippen LogP contribution in [0, 0.1) is 35.0 Å². The molecular formula is C21H34FN. The SMILES string of the molecule is CCCCCCC1CCC(C2CCC(C=C(F)C#N)CC2)CC1. The zero-order chi connectivity index (χ0) is 16.5. The van der Waals surface area contributed by atoms with Crippen LogP contribution in [0.5, 0.6) is 0 Å². The molecule has 0 amide bonds. The molecule has 0 radical (unpaired) electrons. The molecule has 1 nitrogen and oxygen atoms in total. The van der Waals surface area contributed by atoms with Gasteiger partial charge in [-0.1, -0.05) is 51.9 Å². The number of rotatable bonds is 7. The van der Waals surface area contributed by atoms with Gasteiger partial charge in [0, 0.05) is 0 Å². The van der Waals surface area contributed by atoms with Gasteiger partial charge in [-0.2, -0.15) is 9.65 Å². The summed E-state index contributed by atoms with van der Waals surface area (Å²) in [5.41, 5.74) is 0. The lowest BCUT2D eigenvalue weighted by Crippen LogP contribution is -2.25. The molecule has 23 heavy (non-hydrogen) atoms. The topological polar surface area (TPSA) is 23.8 Å². The molecule has 2 rings (SSSR count). The van der Waals surface area contributed by atoms with Crippen molar-refractivity contribution in [2.24, 2.45) is 23.7 Å². The van der Waals surface area contributed by atoms with Crippen LogP contribution in [0.3, 0.4) is 0 Å². The van der Waals surface area contributed by atoms with Crippen LogP contribution >= 0.6 is 0 Å². The van der Waals surface area contributed by atoms with Crippen molar-refractivity contribution in [3.63, 3.8) is 0 Å². The van der Waals surface area contributed by atoms with E-state index in [-0.39, 0.29) is 0 Å². The Morgan fingerprint density at radius 3 is 2.13 bits per heavy atom. The van der Waals surface area contributed by atoms with Crippen molar-refractivity contribution in [1.29, 1.82) is 5.26 Å². The molecule has 0 aromatic heterocycles. The average Bonchev–Trinajstić information content (AvgIpc) is 2.60. The van der Waals surface area contributed by atoms with Crippen LogP contribution in [0.15, 0.2) is 11.9 Å². The molecule has 0 atom stereocenters. The minimum Gasteiger partial charge on any atom is -0.195 e. The largest absolute Gasteiger partial charge is 0.196 e. The molecule has 2 aliphatic rings. The normalized spacial score (nSPS) is 32.5. The van der Waals surface area contributed by atoms with E-state index in [0.717, 1.165) is 30.6 Å². The molecule has 0 aromatic rings. The van der Waals surface area contributed by atoms with E-state index >= 15 is 0 Å². The van der Waals surface area contributed by atoms with E-state index in [1.54, 1.807) is 12.1 Å². The monoisotopic (exact) mass is 319 g/mol. The number of nitrogens with zero attached hydrogens (tertiary/aromatic N) is 1. The van der Waals surface area contributed by atoms with E-state index in [1.165, 1.54) is 70.6 Å². The van der Waals surface area contributed by atoms with Crippen molar-refractivity contribution < 1.29 is 4.39 Å². The molecule has 130 valence electrons. The summed E-state index contributed by atoms with van der Waals surface area (Å²) >= 11 is 0. The van der Waals surface area contributed by atoms with Gasteiger partial charge in [-0.25, -0.2) is 0 Å². The summed E-state index contributed by atoms with van der Waals surface area (Å²) in [4.78, 5) is 0. The summed E-state index contributed by atoms with van der Waals surface area (Å²) in [7, 11) is 0. The molecule has 0 unspecified atom stereocenters. The Balaban J connectivity index is 1.64. The van der Waals surface area contributed by atoms with Gasteiger partial charge in [0.25, 0.3) is 0 Å². The first-order valence-electron chi connectivity index (χ1n) is 10.00.